The molecule has 4 aromatic carbocycles. The van der Waals surface area contributed by atoms with Crippen LogP contribution in [-0.2, 0) is 12.8 Å². The average molecular weight is 489 g/mol. The highest BCUT2D eigenvalue weighted by atomic mass is 35.5. The van der Waals surface area contributed by atoms with Gasteiger partial charge >= 0.3 is 6.18 Å². The first-order valence-electron chi connectivity index (χ1n) is 9.86. The van der Waals surface area contributed by atoms with Crippen LogP contribution in [-0.4, -0.2) is 6.21 Å². The number of anilines is 1. The highest BCUT2D eigenvalue weighted by molar-refractivity contribution is 6.37. The summed E-state index contributed by atoms with van der Waals surface area (Å²) in [7, 11) is 0. The molecule has 168 valence electrons. The molecular formula is C25H17Cl2F3N2O. The van der Waals surface area contributed by atoms with Gasteiger partial charge in [-0.3, -0.25) is 5.43 Å². The number of benzene rings is 4. The summed E-state index contributed by atoms with van der Waals surface area (Å²) in [5.74, 6) is 0.360. The molecule has 0 aliphatic heterocycles. The molecule has 0 amide bonds. The number of nitrogens with zero attached hydrogens (tertiary/aromatic N) is 1. The number of nitrogens with one attached hydrogen (secondary N) is 1. The zero-order valence-electron chi connectivity index (χ0n) is 17.0. The molecule has 0 aromatic heterocycles. The van der Waals surface area contributed by atoms with E-state index in [4.69, 9.17) is 27.9 Å². The second-order valence-electron chi connectivity index (χ2n) is 7.19. The summed E-state index contributed by atoms with van der Waals surface area (Å²) in [6, 6.07) is 21.8. The van der Waals surface area contributed by atoms with E-state index in [0.29, 0.717) is 33.7 Å². The van der Waals surface area contributed by atoms with Gasteiger partial charge in [0.2, 0.25) is 0 Å². The van der Waals surface area contributed by atoms with Gasteiger partial charge in [-0.25, -0.2) is 0 Å². The molecule has 3 nitrogen and oxygen atoms in total. The third-order valence-corrected chi connectivity index (χ3v) is 5.45. The number of fused-ring (bicyclic) bond motifs is 1. The van der Waals surface area contributed by atoms with E-state index in [9.17, 15) is 13.2 Å². The fourth-order valence-electron chi connectivity index (χ4n) is 3.28. The minimum Gasteiger partial charge on any atom is -0.486 e. The van der Waals surface area contributed by atoms with Crippen molar-refractivity contribution in [3.63, 3.8) is 0 Å². The number of halogens is 5. The molecule has 33 heavy (non-hydrogen) atoms. The first-order chi connectivity index (χ1) is 15.8. The van der Waals surface area contributed by atoms with E-state index in [1.165, 1.54) is 18.3 Å². The summed E-state index contributed by atoms with van der Waals surface area (Å²) in [5.41, 5.74) is 3.96. The molecule has 0 saturated heterocycles. The predicted molar refractivity (Wildman–Crippen MR) is 127 cm³/mol. The first-order valence-corrected chi connectivity index (χ1v) is 10.6. The lowest BCUT2D eigenvalue weighted by molar-refractivity contribution is -0.137. The Kier molecular flexibility index (Phi) is 6.77. The third-order valence-electron chi connectivity index (χ3n) is 4.89. The maximum atomic E-state index is 12.6. The standard InChI is InChI=1S/C25H17Cl2F3N2O/c26-22-12-16(14-31-32-20-10-8-19(9-11-20)25(28,29)30)13-23(27)24(22)33-15-18-6-3-5-17-4-1-2-7-21(17)18/h1-14,32H,15H2/b31-14+. The lowest BCUT2D eigenvalue weighted by Gasteiger charge is -2.12. The maximum absolute atomic E-state index is 12.6. The Labute approximate surface area is 198 Å². The van der Waals surface area contributed by atoms with Crippen molar-refractivity contribution in [1.82, 2.24) is 0 Å². The zero-order chi connectivity index (χ0) is 23.4. The van der Waals surface area contributed by atoms with Gasteiger partial charge in [0, 0.05) is 0 Å². The lowest BCUT2D eigenvalue weighted by Crippen LogP contribution is -2.04. The Morgan fingerprint density at radius 1 is 0.879 bits per heavy atom. The van der Waals surface area contributed by atoms with E-state index in [1.54, 1.807) is 12.1 Å². The molecule has 0 heterocycles. The van der Waals surface area contributed by atoms with Crippen molar-refractivity contribution >= 4 is 45.9 Å². The highest BCUT2D eigenvalue weighted by Crippen LogP contribution is 2.35. The number of hydrogen-bond acceptors (Lipinski definition) is 3. The second kappa shape index (κ2) is 9.73. The fraction of sp³-hybridized carbons (Fsp3) is 0.0800. The smallest absolute Gasteiger partial charge is 0.416 e. The van der Waals surface area contributed by atoms with Gasteiger partial charge in [-0.15, -0.1) is 0 Å². The van der Waals surface area contributed by atoms with E-state index < -0.39 is 11.7 Å². The topological polar surface area (TPSA) is 33.6 Å². The average Bonchev–Trinajstić information content (AvgIpc) is 2.78. The van der Waals surface area contributed by atoms with E-state index in [1.807, 2.05) is 42.5 Å². The second-order valence-corrected chi connectivity index (χ2v) is 8.00. The fourth-order valence-corrected chi connectivity index (χ4v) is 3.89. The Balaban J connectivity index is 1.43. The molecule has 8 heteroatoms. The summed E-state index contributed by atoms with van der Waals surface area (Å²) in [5, 5.41) is 6.87. The molecule has 0 radical (unpaired) electrons. The number of alkyl halides is 3. The van der Waals surface area contributed by atoms with Crippen molar-refractivity contribution < 1.29 is 17.9 Å². The molecule has 0 spiro atoms. The molecule has 0 unspecified atom stereocenters. The van der Waals surface area contributed by atoms with Crippen LogP contribution in [0.15, 0.2) is 84.0 Å². The molecule has 0 bridgehead atoms. The van der Waals surface area contributed by atoms with Crippen molar-refractivity contribution in [3.8, 4) is 5.75 Å². The highest BCUT2D eigenvalue weighted by Gasteiger charge is 2.29. The van der Waals surface area contributed by atoms with Gasteiger partial charge in [0.25, 0.3) is 0 Å². The summed E-state index contributed by atoms with van der Waals surface area (Å²) < 4.78 is 43.8. The van der Waals surface area contributed by atoms with E-state index in [2.05, 4.69) is 10.5 Å². The quantitative estimate of drug-likeness (QED) is 0.219. The molecule has 1 N–H and O–H groups in total. The zero-order valence-corrected chi connectivity index (χ0v) is 18.5. The maximum Gasteiger partial charge on any atom is 0.416 e. The van der Waals surface area contributed by atoms with Crippen LogP contribution in [0.1, 0.15) is 16.7 Å². The molecule has 0 aliphatic carbocycles. The minimum absolute atomic E-state index is 0.295. The summed E-state index contributed by atoms with van der Waals surface area (Å²) >= 11 is 12.8. The molecule has 0 atom stereocenters. The monoisotopic (exact) mass is 488 g/mol. The van der Waals surface area contributed by atoms with Crippen LogP contribution in [0.2, 0.25) is 10.0 Å². The van der Waals surface area contributed by atoms with Gasteiger partial charge in [-0.1, -0.05) is 65.7 Å². The predicted octanol–water partition coefficient (Wildman–Crippen LogP) is 8.19. The van der Waals surface area contributed by atoms with Gasteiger partial charge < -0.3 is 4.74 Å². The summed E-state index contributed by atoms with van der Waals surface area (Å²) in [6.07, 6.45) is -2.92. The Hall–Kier alpha value is -3.22. The van der Waals surface area contributed by atoms with Crippen LogP contribution in [0, 0.1) is 0 Å². The third kappa shape index (κ3) is 5.59. The SMILES string of the molecule is FC(F)(F)c1ccc(N/N=C/c2cc(Cl)c(OCc3cccc4ccccc34)c(Cl)c2)cc1. The summed E-state index contributed by atoms with van der Waals surface area (Å²) in [6.45, 7) is 0.295. The number of hydrogen-bond donors (Lipinski definition) is 1. The minimum atomic E-state index is -4.38. The van der Waals surface area contributed by atoms with Crippen LogP contribution in [0.5, 0.6) is 5.75 Å². The van der Waals surface area contributed by atoms with E-state index in [-0.39, 0.29) is 0 Å². The van der Waals surface area contributed by atoms with Gasteiger partial charge in [0.1, 0.15) is 6.61 Å². The Morgan fingerprint density at radius 3 is 2.24 bits per heavy atom. The Bertz CT molecular complexity index is 1280. The summed E-state index contributed by atoms with van der Waals surface area (Å²) in [4.78, 5) is 0. The van der Waals surface area contributed by atoms with Crippen molar-refractivity contribution in [2.75, 3.05) is 5.43 Å². The van der Waals surface area contributed by atoms with Crippen LogP contribution >= 0.6 is 23.2 Å². The number of hydrazone groups is 1. The van der Waals surface area contributed by atoms with Crippen LogP contribution < -0.4 is 10.2 Å². The van der Waals surface area contributed by atoms with Crippen LogP contribution in [0.3, 0.4) is 0 Å². The molecule has 0 fully saturated rings. The molecule has 0 saturated carbocycles. The van der Waals surface area contributed by atoms with Gasteiger partial charge in [0.15, 0.2) is 5.75 Å². The van der Waals surface area contributed by atoms with Crippen molar-refractivity contribution in [2.45, 2.75) is 12.8 Å². The van der Waals surface area contributed by atoms with E-state index >= 15 is 0 Å². The number of ether oxygens (including phenoxy) is 1. The normalized spacial score (nSPS) is 11.8. The van der Waals surface area contributed by atoms with Gasteiger partial charge in [0.05, 0.1) is 27.5 Å². The first kappa shape index (κ1) is 23.0. The van der Waals surface area contributed by atoms with Crippen LogP contribution in [0.4, 0.5) is 18.9 Å². The van der Waals surface area contributed by atoms with Crippen molar-refractivity contribution in [1.29, 1.82) is 0 Å². The Morgan fingerprint density at radius 2 is 1.55 bits per heavy atom. The largest absolute Gasteiger partial charge is 0.486 e. The van der Waals surface area contributed by atoms with Crippen molar-refractivity contribution in [2.24, 2.45) is 5.10 Å². The molecule has 0 aliphatic rings. The van der Waals surface area contributed by atoms with Gasteiger partial charge in [-0.2, -0.15) is 18.3 Å². The molecular weight excluding hydrogens is 472 g/mol. The lowest BCUT2D eigenvalue weighted by atomic mass is 10.1. The van der Waals surface area contributed by atoms with E-state index in [0.717, 1.165) is 28.5 Å². The van der Waals surface area contributed by atoms with Crippen LogP contribution in [0.25, 0.3) is 10.8 Å². The van der Waals surface area contributed by atoms with Gasteiger partial charge in [-0.05, 0) is 58.3 Å². The molecule has 4 rings (SSSR count). The molecule has 4 aromatic rings. The number of rotatable bonds is 6. The van der Waals surface area contributed by atoms with Crippen molar-refractivity contribution in [3.05, 3.63) is 106 Å².